The van der Waals surface area contributed by atoms with Crippen molar-refractivity contribution in [2.45, 2.75) is 12.5 Å². The van der Waals surface area contributed by atoms with Gasteiger partial charge in [-0.15, -0.1) is 0 Å². The van der Waals surface area contributed by atoms with Gasteiger partial charge in [0.25, 0.3) is 5.91 Å². The Morgan fingerprint density at radius 3 is 2.48 bits per heavy atom. The predicted octanol–water partition coefficient (Wildman–Crippen LogP) is 4.48. The van der Waals surface area contributed by atoms with E-state index in [0.717, 1.165) is 23.1 Å². The van der Waals surface area contributed by atoms with Crippen LogP contribution in [-0.4, -0.2) is 29.4 Å². The summed E-state index contributed by atoms with van der Waals surface area (Å²) in [6.45, 7) is 0.709. The Morgan fingerprint density at radius 2 is 1.85 bits per heavy atom. The molecule has 1 aliphatic heterocycles. The standard InChI is InChI=1S/C22H19FN2O2/c1-27-21-14-24-12-10-19(21)15-2-4-17(5-3-15)22(26)25-13-11-20(25)16-6-8-18(23)9-7-16/h2-10,12,14,20H,11,13H2,1H3. The van der Waals surface area contributed by atoms with Gasteiger partial charge in [-0.05, 0) is 47.9 Å². The molecule has 4 nitrogen and oxygen atoms in total. The second kappa shape index (κ2) is 7.19. The van der Waals surface area contributed by atoms with Crippen LogP contribution in [0.15, 0.2) is 67.0 Å². The summed E-state index contributed by atoms with van der Waals surface area (Å²) in [7, 11) is 1.61. The number of pyridine rings is 1. The number of hydrogen-bond acceptors (Lipinski definition) is 3. The third kappa shape index (κ3) is 3.28. The zero-order chi connectivity index (χ0) is 18.8. The van der Waals surface area contributed by atoms with Crippen molar-refractivity contribution in [3.63, 3.8) is 0 Å². The van der Waals surface area contributed by atoms with E-state index in [1.165, 1.54) is 12.1 Å². The van der Waals surface area contributed by atoms with Crippen LogP contribution in [0, 0.1) is 5.82 Å². The summed E-state index contributed by atoms with van der Waals surface area (Å²) in [5.74, 6) is 0.414. The fraction of sp³-hybridized carbons (Fsp3) is 0.182. The molecular formula is C22H19FN2O2. The Kier molecular flexibility index (Phi) is 4.59. The highest BCUT2D eigenvalue weighted by Crippen LogP contribution is 2.35. The molecule has 3 aromatic rings. The van der Waals surface area contributed by atoms with Crippen LogP contribution in [0.4, 0.5) is 4.39 Å². The molecule has 0 spiro atoms. The third-order valence-corrected chi connectivity index (χ3v) is 4.98. The number of likely N-dealkylation sites (tertiary alicyclic amines) is 1. The van der Waals surface area contributed by atoms with Crippen LogP contribution >= 0.6 is 0 Å². The summed E-state index contributed by atoms with van der Waals surface area (Å²) in [4.78, 5) is 18.8. The number of rotatable bonds is 4. The fourth-order valence-electron chi connectivity index (χ4n) is 3.40. The Hall–Kier alpha value is -3.21. The molecule has 1 amide bonds. The molecule has 1 fully saturated rings. The molecule has 1 saturated heterocycles. The van der Waals surface area contributed by atoms with E-state index in [4.69, 9.17) is 4.74 Å². The molecule has 0 bridgehead atoms. The number of hydrogen-bond donors (Lipinski definition) is 0. The number of carbonyl (C=O) groups is 1. The number of nitrogens with zero attached hydrogens (tertiary/aromatic N) is 2. The smallest absolute Gasteiger partial charge is 0.254 e. The molecule has 0 radical (unpaired) electrons. The van der Waals surface area contributed by atoms with E-state index in [0.29, 0.717) is 17.9 Å². The minimum Gasteiger partial charge on any atom is -0.494 e. The molecule has 0 saturated carbocycles. The zero-order valence-corrected chi connectivity index (χ0v) is 14.9. The maximum atomic E-state index is 13.1. The largest absolute Gasteiger partial charge is 0.494 e. The highest BCUT2D eigenvalue weighted by molar-refractivity contribution is 5.95. The molecule has 0 N–H and O–H groups in total. The van der Waals surface area contributed by atoms with E-state index in [1.807, 2.05) is 35.2 Å². The Labute approximate surface area is 157 Å². The molecule has 1 aromatic heterocycles. The maximum Gasteiger partial charge on any atom is 0.254 e. The number of amides is 1. The van der Waals surface area contributed by atoms with Gasteiger partial charge in [-0.1, -0.05) is 24.3 Å². The molecular weight excluding hydrogens is 343 g/mol. The lowest BCUT2D eigenvalue weighted by atomic mass is 9.93. The molecule has 0 aliphatic carbocycles. The van der Waals surface area contributed by atoms with Crippen molar-refractivity contribution < 1.29 is 13.9 Å². The average molecular weight is 362 g/mol. The lowest BCUT2D eigenvalue weighted by Crippen LogP contribution is -2.45. The minimum absolute atomic E-state index is 0.0104. The molecule has 4 rings (SSSR count). The van der Waals surface area contributed by atoms with Crippen LogP contribution in [0.5, 0.6) is 5.75 Å². The molecule has 27 heavy (non-hydrogen) atoms. The number of aromatic nitrogens is 1. The number of carbonyl (C=O) groups excluding carboxylic acids is 1. The highest BCUT2D eigenvalue weighted by atomic mass is 19.1. The van der Waals surface area contributed by atoms with Gasteiger partial charge in [-0.3, -0.25) is 9.78 Å². The molecule has 1 atom stereocenters. The molecule has 2 aromatic carbocycles. The second-order valence-corrected chi connectivity index (χ2v) is 6.51. The highest BCUT2D eigenvalue weighted by Gasteiger charge is 2.33. The van der Waals surface area contributed by atoms with E-state index in [2.05, 4.69) is 4.98 Å². The molecule has 1 aliphatic rings. The quantitative estimate of drug-likeness (QED) is 0.687. The van der Waals surface area contributed by atoms with Gasteiger partial charge in [-0.25, -0.2) is 4.39 Å². The first-order valence-corrected chi connectivity index (χ1v) is 8.82. The van der Waals surface area contributed by atoms with Crippen molar-refractivity contribution in [2.24, 2.45) is 0 Å². The SMILES string of the molecule is COc1cnccc1-c1ccc(C(=O)N2CCC2c2ccc(F)cc2)cc1. The number of methoxy groups -OCH3 is 1. The van der Waals surface area contributed by atoms with Crippen LogP contribution < -0.4 is 4.74 Å². The van der Waals surface area contributed by atoms with Crippen molar-refractivity contribution >= 4 is 5.91 Å². The van der Waals surface area contributed by atoms with Crippen molar-refractivity contribution in [3.05, 3.63) is 83.9 Å². The third-order valence-electron chi connectivity index (χ3n) is 4.98. The van der Waals surface area contributed by atoms with Crippen LogP contribution in [0.2, 0.25) is 0 Å². The summed E-state index contributed by atoms with van der Waals surface area (Å²) in [6, 6.07) is 15.8. The average Bonchev–Trinajstić information content (AvgIpc) is 2.69. The van der Waals surface area contributed by atoms with Crippen LogP contribution in [0.25, 0.3) is 11.1 Å². The summed E-state index contributed by atoms with van der Waals surface area (Å²) < 4.78 is 18.5. The monoisotopic (exact) mass is 362 g/mol. The Morgan fingerprint density at radius 1 is 1.11 bits per heavy atom. The van der Waals surface area contributed by atoms with Crippen molar-refractivity contribution in [1.82, 2.24) is 9.88 Å². The molecule has 136 valence electrons. The maximum absolute atomic E-state index is 13.1. The summed E-state index contributed by atoms with van der Waals surface area (Å²) in [6.07, 6.45) is 4.27. The normalized spacial score (nSPS) is 15.9. The van der Waals surface area contributed by atoms with Crippen molar-refractivity contribution in [1.29, 1.82) is 0 Å². The van der Waals surface area contributed by atoms with Gasteiger partial charge < -0.3 is 9.64 Å². The first kappa shape index (κ1) is 17.2. The van der Waals surface area contributed by atoms with Crippen LogP contribution in [-0.2, 0) is 0 Å². The molecule has 5 heteroatoms. The van der Waals surface area contributed by atoms with E-state index >= 15 is 0 Å². The molecule has 1 unspecified atom stereocenters. The van der Waals surface area contributed by atoms with Gasteiger partial charge in [-0.2, -0.15) is 0 Å². The topological polar surface area (TPSA) is 42.4 Å². The van der Waals surface area contributed by atoms with E-state index in [9.17, 15) is 9.18 Å². The Balaban J connectivity index is 1.53. The number of ether oxygens (including phenoxy) is 1. The Bertz CT molecular complexity index is 955. The first-order valence-electron chi connectivity index (χ1n) is 8.82. The van der Waals surface area contributed by atoms with E-state index in [-0.39, 0.29) is 17.8 Å². The van der Waals surface area contributed by atoms with Gasteiger partial charge in [0.15, 0.2) is 0 Å². The first-order chi connectivity index (χ1) is 13.2. The van der Waals surface area contributed by atoms with E-state index in [1.54, 1.807) is 31.6 Å². The van der Waals surface area contributed by atoms with Gasteiger partial charge in [0.05, 0.1) is 19.3 Å². The summed E-state index contributed by atoms with van der Waals surface area (Å²) in [5.41, 5.74) is 3.50. The van der Waals surface area contributed by atoms with Gasteiger partial charge in [0.2, 0.25) is 0 Å². The summed E-state index contributed by atoms with van der Waals surface area (Å²) >= 11 is 0. The summed E-state index contributed by atoms with van der Waals surface area (Å²) in [5, 5.41) is 0. The van der Waals surface area contributed by atoms with E-state index < -0.39 is 0 Å². The second-order valence-electron chi connectivity index (χ2n) is 6.51. The van der Waals surface area contributed by atoms with Crippen molar-refractivity contribution in [3.8, 4) is 16.9 Å². The minimum atomic E-state index is -0.266. The lowest BCUT2D eigenvalue weighted by molar-refractivity contribution is 0.0460. The number of benzene rings is 2. The fourth-order valence-corrected chi connectivity index (χ4v) is 3.40. The van der Waals surface area contributed by atoms with Crippen LogP contribution in [0.3, 0.4) is 0 Å². The van der Waals surface area contributed by atoms with Gasteiger partial charge in [0.1, 0.15) is 11.6 Å². The van der Waals surface area contributed by atoms with Crippen LogP contribution in [0.1, 0.15) is 28.4 Å². The number of halogens is 1. The van der Waals surface area contributed by atoms with Crippen molar-refractivity contribution in [2.75, 3.05) is 13.7 Å². The lowest BCUT2D eigenvalue weighted by Gasteiger charge is -2.41. The van der Waals surface area contributed by atoms with Gasteiger partial charge >= 0.3 is 0 Å². The van der Waals surface area contributed by atoms with Gasteiger partial charge in [0, 0.05) is 23.9 Å². The molecule has 2 heterocycles. The zero-order valence-electron chi connectivity index (χ0n) is 14.9. The predicted molar refractivity (Wildman–Crippen MR) is 101 cm³/mol.